The largest absolute Gasteiger partial charge is 0.372 e. The van der Waals surface area contributed by atoms with Crippen LogP contribution < -0.4 is 9.80 Å². The van der Waals surface area contributed by atoms with E-state index in [1.54, 1.807) is 0 Å². The van der Waals surface area contributed by atoms with Crippen LogP contribution in [0.15, 0.2) is 66.8 Å². The second-order valence-electron chi connectivity index (χ2n) is 7.59. The van der Waals surface area contributed by atoms with E-state index in [0.717, 1.165) is 0 Å². The molecule has 2 heteroatoms. The summed E-state index contributed by atoms with van der Waals surface area (Å²) in [5.74, 6) is 0. The third-order valence-corrected chi connectivity index (χ3v) is 5.75. The summed E-state index contributed by atoms with van der Waals surface area (Å²) >= 11 is 0. The van der Waals surface area contributed by atoms with Gasteiger partial charge >= 0.3 is 0 Å². The minimum absolute atomic E-state index is 1.19. The summed E-state index contributed by atoms with van der Waals surface area (Å²) in [6.45, 7) is 6.84. The Hall–Kier alpha value is -2.48. The highest BCUT2D eigenvalue weighted by Gasteiger charge is 2.14. The maximum Gasteiger partial charge on any atom is 0.0366 e. The molecule has 2 aliphatic heterocycles. The standard InChI is InChI=1S/C25H30N2/c1-2-3-8-25(21-9-13-23(14-10-21)26-17-4-5-18-26)22-11-15-24(16-12-22)27-19-6-7-20-27/h2-3,8-16H,4-7,17-20H2,1H3. The van der Waals surface area contributed by atoms with Gasteiger partial charge in [-0.25, -0.2) is 0 Å². The van der Waals surface area contributed by atoms with E-state index in [9.17, 15) is 0 Å². The van der Waals surface area contributed by atoms with Crippen molar-refractivity contribution in [2.75, 3.05) is 36.0 Å². The quantitative estimate of drug-likeness (QED) is 0.614. The monoisotopic (exact) mass is 358 g/mol. The Labute approximate surface area is 163 Å². The van der Waals surface area contributed by atoms with Crippen molar-refractivity contribution < 1.29 is 0 Å². The minimum atomic E-state index is 1.19. The van der Waals surface area contributed by atoms with Crippen LogP contribution in [0.2, 0.25) is 0 Å². The third-order valence-electron chi connectivity index (χ3n) is 5.75. The van der Waals surface area contributed by atoms with Crippen LogP contribution in [0.5, 0.6) is 0 Å². The molecule has 0 amide bonds. The number of anilines is 2. The number of allylic oxidation sites excluding steroid dienone is 3. The van der Waals surface area contributed by atoms with Crippen LogP contribution in [0.4, 0.5) is 11.4 Å². The second-order valence-corrected chi connectivity index (χ2v) is 7.59. The first-order chi connectivity index (χ1) is 13.3. The molecular weight excluding hydrogens is 328 g/mol. The maximum absolute atomic E-state index is 2.49. The highest BCUT2D eigenvalue weighted by Crippen LogP contribution is 2.29. The molecule has 2 aromatic rings. The summed E-state index contributed by atoms with van der Waals surface area (Å²) in [7, 11) is 0. The summed E-state index contributed by atoms with van der Waals surface area (Å²) in [4.78, 5) is 4.98. The molecule has 0 atom stereocenters. The molecule has 2 aliphatic rings. The van der Waals surface area contributed by atoms with Gasteiger partial charge in [-0.1, -0.05) is 42.5 Å². The molecule has 0 bridgehead atoms. The summed E-state index contributed by atoms with van der Waals surface area (Å²) in [5, 5.41) is 0. The van der Waals surface area contributed by atoms with E-state index in [4.69, 9.17) is 0 Å². The van der Waals surface area contributed by atoms with E-state index in [2.05, 4.69) is 83.5 Å². The molecule has 2 fully saturated rings. The van der Waals surface area contributed by atoms with Crippen LogP contribution in [0.25, 0.3) is 5.57 Å². The first-order valence-corrected chi connectivity index (χ1v) is 10.4. The lowest BCUT2D eigenvalue weighted by Crippen LogP contribution is -2.17. The van der Waals surface area contributed by atoms with Gasteiger partial charge in [0.05, 0.1) is 0 Å². The van der Waals surface area contributed by atoms with Gasteiger partial charge in [0.15, 0.2) is 0 Å². The average molecular weight is 359 g/mol. The lowest BCUT2D eigenvalue weighted by atomic mass is 9.96. The zero-order chi connectivity index (χ0) is 18.5. The average Bonchev–Trinajstić information content (AvgIpc) is 3.44. The molecule has 2 heterocycles. The van der Waals surface area contributed by atoms with Gasteiger partial charge in [0, 0.05) is 37.6 Å². The predicted octanol–water partition coefficient (Wildman–Crippen LogP) is 5.89. The Morgan fingerprint density at radius 3 is 1.44 bits per heavy atom. The zero-order valence-corrected chi connectivity index (χ0v) is 16.4. The fourth-order valence-corrected chi connectivity index (χ4v) is 4.21. The summed E-state index contributed by atoms with van der Waals surface area (Å²) in [6.07, 6.45) is 11.7. The van der Waals surface area contributed by atoms with E-state index in [0.29, 0.717) is 0 Å². The van der Waals surface area contributed by atoms with Crippen molar-refractivity contribution in [2.45, 2.75) is 32.6 Å². The Morgan fingerprint density at radius 2 is 1.07 bits per heavy atom. The molecule has 27 heavy (non-hydrogen) atoms. The normalized spacial score (nSPS) is 17.1. The molecule has 0 radical (unpaired) electrons. The molecule has 2 saturated heterocycles. The van der Waals surface area contributed by atoms with Crippen LogP contribution in [0, 0.1) is 0 Å². The summed E-state index contributed by atoms with van der Waals surface area (Å²) in [6, 6.07) is 18.2. The molecule has 4 rings (SSSR count). The van der Waals surface area contributed by atoms with Gasteiger partial charge in [0.2, 0.25) is 0 Å². The number of hydrogen-bond donors (Lipinski definition) is 0. The van der Waals surface area contributed by atoms with Gasteiger partial charge in [0.25, 0.3) is 0 Å². The number of rotatable bonds is 5. The first kappa shape index (κ1) is 17.9. The highest BCUT2D eigenvalue weighted by atomic mass is 15.1. The first-order valence-electron chi connectivity index (χ1n) is 10.4. The van der Waals surface area contributed by atoms with E-state index in [-0.39, 0.29) is 0 Å². The van der Waals surface area contributed by atoms with Gasteiger partial charge in [-0.2, -0.15) is 0 Å². The van der Waals surface area contributed by atoms with Crippen molar-refractivity contribution in [1.82, 2.24) is 0 Å². The molecule has 2 nitrogen and oxygen atoms in total. The molecule has 0 saturated carbocycles. The Kier molecular flexibility index (Phi) is 5.62. The summed E-state index contributed by atoms with van der Waals surface area (Å²) in [5.41, 5.74) is 6.56. The minimum Gasteiger partial charge on any atom is -0.372 e. The van der Waals surface area contributed by atoms with Gasteiger partial charge in [-0.15, -0.1) is 0 Å². The fraction of sp³-hybridized carbons (Fsp3) is 0.360. The van der Waals surface area contributed by atoms with E-state index < -0.39 is 0 Å². The van der Waals surface area contributed by atoms with E-state index >= 15 is 0 Å². The van der Waals surface area contributed by atoms with Crippen molar-refractivity contribution in [3.8, 4) is 0 Å². The smallest absolute Gasteiger partial charge is 0.0366 e. The zero-order valence-electron chi connectivity index (χ0n) is 16.4. The summed E-state index contributed by atoms with van der Waals surface area (Å²) < 4.78 is 0. The predicted molar refractivity (Wildman–Crippen MR) is 118 cm³/mol. The van der Waals surface area contributed by atoms with Gasteiger partial charge < -0.3 is 9.80 Å². The molecule has 0 unspecified atom stereocenters. The van der Waals surface area contributed by atoms with Crippen LogP contribution >= 0.6 is 0 Å². The lowest BCUT2D eigenvalue weighted by Gasteiger charge is -2.19. The number of nitrogens with zero attached hydrogens (tertiary/aromatic N) is 2. The van der Waals surface area contributed by atoms with Crippen molar-refractivity contribution in [1.29, 1.82) is 0 Å². The Bertz CT molecular complexity index is 726. The van der Waals surface area contributed by atoms with Gasteiger partial charge in [-0.3, -0.25) is 0 Å². The van der Waals surface area contributed by atoms with Crippen molar-refractivity contribution in [2.24, 2.45) is 0 Å². The van der Waals surface area contributed by atoms with Crippen LogP contribution in [0.3, 0.4) is 0 Å². The van der Waals surface area contributed by atoms with E-state index in [1.165, 1.54) is 79.9 Å². The fourth-order valence-electron chi connectivity index (χ4n) is 4.21. The maximum atomic E-state index is 2.49. The second kappa shape index (κ2) is 8.47. The Morgan fingerprint density at radius 1 is 0.667 bits per heavy atom. The van der Waals surface area contributed by atoms with Crippen LogP contribution in [-0.2, 0) is 0 Å². The number of hydrogen-bond acceptors (Lipinski definition) is 2. The van der Waals surface area contributed by atoms with E-state index in [1.807, 2.05) is 0 Å². The van der Waals surface area contributed by atoms with Crippen LogP contribution in [-0.4, -0.2) is 26.2 Å². The molecule has 0 N–H and O–H groups in total. The molecule has 0 aromatic heterocycles. The van der Waals surface area contributed by atoms with Crippen molar-refractivity contribution >= 4 is 16.9 Å². The molecule has 140 valence electrons. The van der Waals surface area contributed by atoms with Gasteiger partial charge in [0.1, 0.15) is 0 Å². The molecular formula is C25H30N2. The molecule has 2 aromatic carbocycles. The van der Waals surface area contributed by atoms with Crippen LogP contribution in [0.1, 0.15) is 43.7 Å². The van der Waals surface area contributed by atoms with Gasteiger partial charge in [-0.05, 0) is 73.6 Å². The lowest BCUT2D eigenvalue weighted by molar-refractivity contribution is 0.949. The number of benzene rings is 2. The Balaban J connectivity index is 1.59. The van der Waals surface area contributed by atoms with Crippen molar-refractivity contribution in [3.63, 3.8) is 0 Å². The third kappa shape index (κ3) is 4.10. The molecule has 0 spiro atoms. The van der Waals surface area contributed by atoms with Crippen molar-refractivity contribution in [3.05, 3.63) is 77.9 Å². The SMILES string of the molecule is CC=CC=C(c1ccc(N2CCCC2)cc1)c1ccc(N2CCCC2)cc1. The highest BCUT2D eigenvalue weighted by molar-refractivity contribution is 5.82. The topological polar surface area (TPSA) is 6.48 Å². The molecule has 0 aliphatic carbocycles.